The number of aliphatic imine (C=N–C) groups is 1. The molecule has 0 unspecified atom stereocenters. The summed E-state index contributed by atoms with van der Waals surface area (Å²) in [6.45, 7) is 6.07. The van der Waals surface area contributed by atoms with Crippen LogP contribution in [0.25, 0.3) is 10.9 Å². The fourth-order valence-corrected chi connectivity index (χ4v) is 4.31. The molecule has 1 amide bonds. The van der Waals surface area contributed by atoms with E-state index in [0.29, 0.717) is 10.9 Å². The third kappa shape index (κ3) is 7.72. The number of carbonyl (C=O) groups excluding carboxylic acids is 1. The van der Waals surface area contributed by atoms with Crippen molar-refractivity contribution >= 4 is 28.5 Å². The fourth-order valence-electron chi connectivity index (χ4n) is 4.31. The van der Waals surface area contributed by atoms with Crippen LogP contribution in [0.4, 0.5) is 19.0 Å². The van der Waals surface area contributed by atoms with Crippen molar-refractivity contribution in [1.29, 1.82) is 0 Å². The van der Waals surface area contributed by atoms with Crippen LogP contribution in [0.2, 0.25) is 0 Å². The van der Waals surface area contributed by atoms with Gasteiger partial charge in [0.1, 0.15) is 28.5 Å². The molecule has 0 aliphatic carbocycles. The van der Waals surface area contributed by atoms with Crippen molar-refractivity contribution < 1.29 is 27.4 Å². The molecule has 3 rings (SSSR count). The zero-order valence-electron chi connectivity index (χ0n) is 23.6. The quantitative estimate of drug-likeness (QED) is 0.181. The Bertz CT molecular complexity index is 1400. The third-order valence-corrected chi connectivity index (χ3v) is 6.11. The number of nitrogens with one attached hydrogen (secondary N) is 1. The van der Waals surface area contributed by atoms with Crippen LogP contribution in [0.3, 0.4) is 0 Å². The Kier molecular flexibility index (Phi) is 11.0. The molecule has 0 saturated carbocycles. The molecule has 220 valence electrons. The minimum atomic E-state index is -4.64. The number of benzene rings is 1. The number of pyridine rings is 2. The van der Waals surface area contributed by atoms with Crippen molar-refractivity contribution in [3.63, 3.8) is 0 Å². The zero-order valence-corrected chi connectivity index (χ0v) is 23.6. The molecule has 0 aliphatic heterocycles. The first kappa shape index (κ1) is 31.3. The first-order valence-electron chi connectivity index (χ1n) is 13.2. The van der Waals surface area contributed by atoms with Crippen LogP contribution in [-0.4, -0.2) is 55.6 Å². The van der Waals surface area contributed by atoms with Crippen molar-refractivity contribution in [2.24, 2.45) is 10.7 Å². The Labute approximate surface area is 237 Å². The number of fused-ring (bicyclic) bond motifs is 1. The van der Waals surface area contributed by atoms with Gasteiger partial charge in [-0.1, -0.05) is 19.9 Å². The van der Waals surface area contributed by atoms with E-state index in [1.54, 1.807) is 12.3 Å². The molecule has 1 aromatic carbocycles. The van der Waals surface area contributed by atoms with E-state index in [1.165, 1.54) is 32.4 Å². The second-order valence-corrected chi connectivity index (χ2v) is 9.01. The van der Waals surface area contributed by atoms with Crippen molar-refractivity contribution in [3.05, 3.63) is 71.2 Å². The Hall–Kier alpha value is -4.19. The van der Waals surface area contributed by atoms with Gasteiger partial charge in [0.2, 0.25) is 5.90 Å². The second-order valence-electron chi connectivity index (χ2n) is 9.01. The van der Waals surface area contributed by atoms with Gasteiger partial charge in [0.05, 0.1) is 14.2 Å². The molecule has 0 atom stereocenters. The van der Waals surface area contributed by atoms with Gasteiger partial charge in [-0.3, -0.25) is 4.79 Å². The normalized spacial score (nSPS) is 12.4. The molecule has 0 aliphatic rings. The number of hydrogen-bond donors (Lipinski definition) is 2. The van der Waals surface area contributed by atoms with Crippen LogP contribution in [-0.2, 0) is 22.3 Å². The standard InChI is InChI=1S/C29H35F3N6O3/c1-5-16-38(17-6-2)26-19(8-7-15-34-26)18-35-27(39)22(13-14-33)36-28(41-4)21-9-11-23(40-3)25-20(21)10-12-24(37-25)29(30,31)32/h7-13,15H,5-6,14,16-18,33H2,1-4H3,(H,35,39)/b22-13+,36-28?. The number of hydrogen-bond acceptors (Lipinski definition) is 8. The maximum Gasteiger partial charge on any atom is 0.433 e. The number of nitrogens with zero attached hydrogens (tertiary/aromatic N) is 4. The first-order chi connectivity index (χ1) is 19.7. The number of alkyl halides is 3. The van der Waals surface area contributed by atoms with Gasteiger partial charge in [0.25, 0.3) is 5.91 Å². The summed E-state index contributed by atoms with van der Waals surface area (Å²) < 4.78 is 50.8. The largest absolute Gasteiger partial charge is 0.494 e. The monoisotopic (exact) mass is 572 g/mol. The summed E-state index contributed by atoms with van der Waals surface area (Å²) in [4.78, 5) is 28.2. The highest BCUT2D eigenvalue weighted by molar-refractivity contribution is 6.09. The lowest BCUT2D eigenvalue weighted by Crippen LogP contribution is -2.30. The zero-order chi connectivity index (χ0) is 30.0. The van der Waals surface area contributed by atoms with Crippen LogP contribution in [0.1, 0.15) is 43.5 Å². The molecule has 12 heteroatoms. The number of carbonyl (C=O) groups is 1. The molecule has 2 aromatic heterocycles. The summed E-state index contributed by atoms with van der Waals surface area (Å²) in [5.41, 5.74) is 5.80. The van der Waals surface area contributed by atoms with Gasteiger partial charge >= 0.3 is 6.18 Å². The third-order valence-electron chi connectivity index (χ3n) is 6.11. The molecule has 2 heterocycles. The van der Waals surface area contributed by atoms with Crippen LogP contribution in [0, 0.1) is 0 Å². The van der Waals surface area contributed by atoms with Gasteiger partial charge in [-0.05, 0) is 49.2 Å². The summed E-state index contributed by atoms with van der Waals surface area (Å²) >= 11 is 0. The molecular weight excluding hydrogens is 537 g/mol. The number of aromatic nitrogens is 2. The van der Waals surface area contributed by atoms with Crippen molar-refractivity contribution in [3.8, 4) is 5.75 Å². The Balaban J connectivity index is 1.95. The summed E-state index contributed by atoms with van der Waals surface area (Å²) in [7, 11) is 2.69. The van der Waals surface area contributed by atoms with E-state index in [-0.39, 0.29) is 36.0 Å². The Morgan fingerprint density at radius 3 is 2.46 bits per heavy atom. The lowest BCUT2D eigenvalue weighted by molar-refractivity contribution is -0.141. The van der Waals surface area contributed by atoms with Gasteiger partial charge in [-0.25, -0.2) is 15.0 Å². The van der Waals surface area contributed by atoms with Crippen molar-refractivity contribution in [2.75, 3.05) is 38.8 Å². The van der Waals surface area contributed by atoms with Gasteiger partial charge in [-0.2, -0.15) is 13.2 Å². The highest BCUT2D eigenvalue weighted by Crippen LogP contribution is 2.33. The lowest BCUT2D eigenvalue weighted by Gasteiger charge is -2.25. The first-order valence-corrected chi connectivity index (χ1v) is 13.2. The Morgan fingerprint density at radius 2 is 1.85 bits per heavy atom. The fraction of sp³-hybridized carbons (Fsp3) is 0.379. The maximum atomic E-state index is 13.3. The molecule has 0 bridgehead atoms. The van der Waals surface area contributed by atoms with E-state index in [1.807, 2.05) is 12.1 Å². The number of anilines is 1. The van der Waals surface area contributed by atoms with E-state index >= 15 is 0 Å². The van der Waals surface area contributed by atoms with Crippen LogP contribution < -0.4 is 20.7 Å². The van der Waals surface area contributed by atoms with Gasteiger partial charge in [-0.15, -0.1) is 0 Å². The van der Waals surface area contributed by atoms with E-state index in [9.17, 15) is 18.0 Å². The number of halogens is 3. The summed E-state index contributed by atoms with van der Waals surface area (Å²) in [5.74, 6) is 0.437. The average Bonchev–Trinajstić information content (AvgIpc) is 2.97. The molecule has 0 fully saturated rings. The minimum Gasteiger partial charge on any atom is -0.494 e. The van der Waals surface area contributed by atoms with Crippen LogP contribution >= 0.6 is 0 Å². The van der Waals surface area contributed by atoms with E-state index in [4.69, 9.17) is 15.2 Å². The number of rotatable bonds is 12. The number of ether oxygens (including phenoxy) is 2. The molecule has 9 nitrogen and oxygen atoms in total. The molecule has 0 saturated heterocycles. The number of nitrogens with two attached hydrogens (primary N) is 1. The molecule has 3 aromatic rings. The summed E-state index contributed by atoms with van der Waals surface area (Å²) in [6, 6.07) is 8.90. The summed E-state index contributed by atoms with van der Waals surface area (Å²) in [6.07, 6.45) is 0.422. The minimum absolute atomic E-state index is 0.00630. The van der Waals surface area contributed by atoms with E-state index in [2.05, 4.69) is 39.0 Å². The molecule has 0 spiro atoms. The molecular formula is C29H35F3N6O3. The summed E-state index contributed by atoms with van der Waals surface area (Å²) in [5, 5.41) is 3.18. The van der Waals surface area contributed by atoms with E-state index in [0.717, 1.165) is 43.4 Å². The second kappa shape index (κ2) is 14.4. The smallest absolute Gasteiger partial charge is 0.433 e. The lowest BCUT2D eigenvalue weighted by atomic mass is 10.1. The highest BCUT2D eigenvalue weighted by Gasteiger charge is 2.33. The number of methoxy groups -OCH3 is 2. The average molecular weight is 573 g/mol. The topological polar surface area (TPSA) is 115 Å². The van der Waals surface area contributed by atoms with Crippen molar-refractivity contribution in [2.45, 2.75) is 39.4 Å². The number of amides is 1. The predicted octanol–water partition coefficient (Wildman–Crippen LogP) is 4.84. The Morgan fingerprint density at radius 1 is 1.12 bits per heavy atom. The maximum absolute atomic E-state index is 13.3. The predicted molar refractivity (Wildman–Crippen MR) is 153 cm³/mol. The van der Waals surface area contributed by atoms with E-state index < -0.39 is 17.8 Å². The highest BCUT2D eigenvalue weighted by atomic mass is 19.4. The molecule has 3 N–H and O–H groups in total. The molecule has 0 radical (unpaired) electrons. The SMILES string of the molecule is CCCN(CCC)c1ncccc1CNC(=O)/C(=C\CN)N=C(OC)c1ccc(OC)c2nc(C(F)(F)F)ccc12. The van der Waals surface area contributed by atoms with Crippen molar-refractivity contribution in [1.82, 2.24) is 15.3 Å². The molecule has 41 heavy (non-hydrogen) atoms. The van der Waals surface area contributed by atoms with Gasteiger partial charge < -0.3 is 25.4 Å². The van der Waals surface area contributed by atoms with Crippen LogP contribution in [0.5, 0.6) is 5.75 Å². The van der Waals surface area contributed by atoms with Crippen LogP contribution in [0.15, 0.2) is 59.4 Å². The van der Waals surface area contributed by atoms with Gasteiger partial charge in [0.15, 0.2) is 0 Å². The van der Waals surface area contributed by atoms with Gasteiger partial charge in [0, 0.05) is 48.9 Å².